The second-order valence-electron chi connectivity index (χ2n) is 16.9. The first-order valence-corrected chi connectivity index (χ1v) is 26.2. The monoisotopic (exact) mass is 693 g/mol. The van der Waals surface area contributed by atoms with Crippen molar-refractivity contribution in [1.82, 2.24) is 0 Å². The van der Waals surface area contributed by atoms with Crippen molar-refractivity contribution in [3.05, 3.63) is 0 Å². The Kier molecular flexibility index (Phi) is 23.7. The van der Waals surface area contributed by atoms with Crippen LogP contribution in [0.25, 0.3) is 0 Å². The van der Waals surface area contributed by atoms with Gasteiger partial charge in [0.1, 0.15) is 5.78 Å². The number of Topliss-reactive ketones (excluding diaryl/α,β-unsaturated/α-hetero) is 1. The number of carbonyl (C=O) groups excluding carboxylic acids is 1. The van der Waals surface area contributed by atoms with E-state index >= 15 is 0 Å². The third kappa shape index (κ3) is 13.9. The molecule has 0 aromatic rings. The Bertz CT molecular complexity index is 696. The summed E-state index contributed by atoms with van der Waals surface area (Å²) in [4.78, 5) is 9.44. The Hall–Kier alpha value is 0.418. The van der Waals surface area contributed by atoms with Gasteiger partial charge in [-0.05, 0) is 83.1 Å². The fraction of sp³-hybridized carbons (Fsp3) is 0.972. The molecule has 0 bridgehead atoms. The van der Waals surface area contributed by atoms with Crippen LogP contribution in [-0.4, -0.2) is 46.1 Å². The summed E-state index contributed by atoms with van der Waals surface area (Å²) in [7, 11) is -6.96. The molecule has 0 saturated heterocycles. The average molecular weight is 693 g/mol. The fourth-order valence-electron chi connectivity index (χ4n) is 7.88. The third-order valence-corrected chi connectivity index (χ3v) is 32.4. The lowest BCUT2D eigenvalue weighted by molar-refractivity contribution is -0.115. The standard InChI is InChI=1S/C18H42O2Si2.C15H36OSi2.C3H6O/c1-13(2)19-22(17(9)10,18(11)12)20-21(14(3)4,15(5)6)16(7)8;1-11(2)17(12(3)4)16-18(13(5)6,14(7)8)15(9)10;1-3(2)4/h13-18H,1-12H3;11-15,17H,1-10H3;1-2H3. The highest BCUT2D eigenvalue weighted by atomic mass is 28.4. The van der Waals surface area contributed by atoms with E-state index in [4.69, 9.17) is 12.7 Å². The van der Waals surface area contributed by atoms with E-state index in [0.717, 1.165) is 11.1 Å². The van der Waals surface area contributed by atoms with Crippen molar-refractivity contribution in [2.24, 2.45) is 0 Å². The summed E-state index contributed by atoms with van der Waals surface area (Å²) in [6.45, 7) is 54.5. The largest absolute Gasteiger partial charge is 0.456 e. The molecular formula is C36H84O4Si4. The predicted molar refractivity (Wildman–Crippen MR) is 210 cm³/mol. The second-order valence-corrected chi connectivity index (χ2v) is 36.6. The van der Waals surface area contributed by atoms with E-state index in [2.05, 4.69) is 152 Å². The quantitative estimate of drug-likeness (QED) is 0.151. The van der Waals surface area contributed by atoms with Crippen molar-refractivity contribution in [1.29, 1.82) is 0 Å². The molecule has 0 rings (SSSR count). The Morgan fingerprint density at radius 3 is 0.864 bits per heavy atom. The SMILES string of the molecule is CC(C)=O.CC(C)O[Si](O[Si](C(C)C)(C(C)C)C(C)C)(C(C)C)C(C)C.CC(C)[SiH](O[Si](C(C)C)(C(C)C)C(C)C)C(C)C. The van der Waals surface area contributed by atoms with E-state index in [-0.39, 0.29) is 11.9 Å². The molecule has 0 atom stereocenters. The van der Waals surface area contributed by atoms with Crippen LogP contribution < -0.4 is 0 Å². The molecule has 0 aliphatic carbocycles. The van der Waals surface area contributed by atoms with Crippen LogP contribution in [0.1, 0.15) is 166 Å². The summed E-state index contributed by atoms with van der Waals surface area (Å²) in [6, 6.07) is 0. The lowest BCUT2D eigenvalue weighted by Gasteiger charge is -2.51. The Morgan fingerprint density at radius 1 is 0.455 bits per heavy atom. The van der Waals surface area contributed by atoms with Crippen molar-refractivity contribution < 1.29 is 17.5 Å². The third-order valence-electron chi connectivity index (χ3n) is 9.43. The molecule has 8 heteroatoms. The molecule has 0 radical (unpaired) electrons. The molecule has 4 nitrogen and oxygen atoms in total. The molecule has 0 aliphatic heterocycles. The van der Waals surface area contributed by atoms with Gasteiger partial charge in [-0.25, -0.2) is 0 Å². The van der Waals surface area contributed by atoms with Gasteiger partial charge in [0.15, 0.2) is 25.7 Å². The molecular weight excluding hydrogens is 609 g/mol. The summed E-state index contributed by atoms with van der Waals surface area (Å²) in [5.41, 5.74) is 6.38. The first-order chi connectivity index (χ1) is 19.6. The maximum atomic E-state index is 9.44. The first kappa shape index (κ1) is 48.8. The minimum absolute atomic E-state index is 0.167. The molecule has 0 unspecified atom stereocenters. The van der Waals surface area contributed by atoms with E-state index in [1.807, 2.05) is 0 Å². The van der Waals surface area contributed by atoms with Crippen LogP contribution >= 0.6 is 0 Å². The molecule has 0 N–H and O–H groups in total. The summed E-state index contributed by atoms with van der Waals surface area (Å²) in [6.07, 6.45) is 0.231. The Labute approximate surface area is 284 Å². The smallest absolute Gasteiger partial charge is 0.333 e. The number of rotatable bonds is 16. The van der Waals surface area contributed by atoms with Gasteiger partial charge in [0.2, 0.25) is 0 Å². The topological polar surface area (TPSA) is 44.8 Å². The van der Waals surface area contributed by atoms with Gasteiger partial charge in [-0.2, -0.15) is 0 Å². The molecule has 0 aromatic carbocycles. The van der Waals surface area contributed by atoms with Crippen molar-refractivity contribution in [2.75, 3.05) is 0 Å². The summed E-state index contributed by atoms with van der Waals surface area (Å²) in [5.74, 6) is 0.167. The minimum atomic E-state index is -2.28. The molecule has 0 saturated carbocycles. The van der Waals surface area contributed by atoms with Crippen LogP contribution in [0, 0.1) is 0 Å². The van der Waals surface area contributed by atoms with Crippen molar-refractivity contribution in [2.45, 2.75) is 228 Å². The maximum Gasteiger partial charge on any atom is 0.333 e. The van der Waals surface area contributed by atoms with Crippen LogP contribution in [-0.2, 0) is 17.5 Å². The van der Waals surface area contributed by atoms with Gasteiger partial charge in [0, 0.05) is 6.10 Å². The number of hydrogen-bond acceptors (Lipinski definition) is 4. The van der Waals surface area contributed by atoms with Gasteiger partial charge in [-0.1, -0.05) is 138 Å². The fourth-order valence-corrected chi connectivity index (χ4v) is 34.5. The zero-order valence-corrected chi connectivity index (χ0v) is 38.7. The average Bonchev–Trinajstić information content (AvgIpc) is 2.79. The summed E-state index contributed by atoms with van der Waals surface area (Å²) < 4.78 is 20.9. The number of carbonyl (C=O) groups is 1. The Morgan fingerprint density at radius 2 is 0.705 bits per heavy atom. The van der Waals surface area contributed by atoms with Crippen LogP contribution in [0.15, 0.2) is 0 Å². The number of hydrogen-bond donors (Lipinski definition) is 0. The van der Waals surface area contributed by atoms with Crippen LogP contribution in [0.4, 0.5) is 0 Å². The molecule has 0 aromatic heterocycles. The minimum Gasteiger partial charge on any atom is -0.456 e. The van der Waals surface area contributed by atoms with Crippen molar-refractivity contribution in [3.8, 4) is 0 Å². The van der Waals surface area contributed by atoms with E-state index < -0.39 is 34.2 Å². The molecule has 0 heterocycles. The molecule has 44 heavy (non-hydrogen) atoms. The molecule has 0 spiro atoms. The summed E-state index contributed by atoms with van der Waals surface area (Å²) in [5, 5.41) is 0. The Balaban J connectivity index is -0.000000690. The van der Waals surface area contributed by atoms with Gasteiger partial charge in [0.05, 0.1) is 0 Å². The summed E-state index contributed by atoms with van der Waals surface area (Å²) >= 11 is 0. The van der Waals surface area contributed by atoms with Crippen LogP contribution in [0.2, 0.25) is 55.4 Å². The van der Waals surface area contributed by atoms with E-state index in [1.54, 1.807) is 0 Å². The lowest BCUT2D eigenvalue weighted by Crippen LogP contribution is -2.61. The molecule has 0 aliphatic rings. The molecule has 0 fully saturated rings. The zero-order valence-electron chi connectivity index (χ0n) is 34.6. The van der Waals surface area contributed by atoms with Gasteiger partial charge in [0.25, 0.3) is 0 Å². The van der Waals surface area contributed by atoms with Crippen LogP contribution in [0.5, 0.6) is 0 Å². The van der Waals surface area contributed by atoms with Gasteiger partial charge >= 0.3 is 8.56 Å². The van der Waals surface area contributed by atoms with Crippen LogP contribution in [0.3, 0.4) is 0 Å². The van der Waals surface area contributed by atoms with Gasteiger partial charge < -0.3 is 17.5 Å². The highest BCUT2D eigenvalue weighted by molar-refractivity contribution is 6.88. The normalized spacial score (nSPS) is 13.5. The molecule has 268 valence electrons. The van der Waals surface area contributed by atoms with E-state index in [0.29, 0.717) is 44.3 Å². The van der Waals surface area contributed by atoms with E-state index in [1.165, 1.54) is 13.8 Å². The predicted octanol–water partition coefficient (Wildman–Crippen LogP) is 13.2. The molecule has 0 amide bonds. The first-order valence-electron chi connectivity index (χ1n) is 18.2. The second kappa shape index (κ2) is 21.4. The van der Waals surface area contributed by atoms with Gasteiger partial charge in [-0.15, -0.1) is 0 Å². The highest BCUT2D eigenvalue weighted by Crippen LogP contribution is 2.49. The van der Waals surface area contributed by atoms with Gasteiger partial charge in [-0.3, -0.25) is 0 Å². The zero-order chi connectivity index (χ0) is 36.1. The number of ketones is 1. The van der Waals surface area contributed by atoms with E-state index in [9.17, 15) is 4.79 Å². The maximum absolute atomic E-state index is 9.44. The highest BCUT2D eigenvalue weighted by Gasteiger charge is 2.56. The van der Waals surface area contributed by atoms with Crippen molar-refractivity contribution in [3.63, 3.8) is 0 Å². The van der Waals surface area contributed by atoms with Crippen molar-refractivity contribution >= 4 is 40.0 Å². The lowest BCUT2D eigenvalue weighted by atomic mass is 10.5.